The lowest BCUT2D eigenvalue weighted by molar-refractivity contribution is -0.277. The number of carbonyl (C=O) groups is 1. The Morgan fingerprint density at radius 3 is 2.36 bits per heavy atom. The lowest BCUT2D eigenvalue weighted by Crippen LogP contribution is -2.51. The summed E-state index contributed by atoms with van der Waals surface area (Å²) in [6.45, 7) is -0.522. The van der Waals surface area contributed by atoms with Gasteiger partial charge in [0.15, 0.2) is 0 Å². The molecule has 0 saturated carbocycles. The lowest BCUT2D eigenvalue weighted by Gasteiger charge is -2.35. The third-order valence-electron chi connectivity index (χ3n) is 5.93. The molecule has 1 aliphatic rings. The van der Waals surface area contributed by atoms with Crippen LogP contribution in [0.3, 0.4) is 0 Å². The van der Waals surface area contributed by atoms with Crippen LogP contribution in [-0.4, -0.2) is 50.8 Å². The van der Waals surface area contributed by atoms with Crippen molar-refractivity contribution in [1.29, 1.82) is 5.26 Å². The van der Waals surface area contributed by atoms with E-state index in [1.54, 1.807) is 29.0 Å². The van der Waals surface area contributed by atoms with Crippen molar-refractivity contribution >= 4 is 40.0 Å². The zero-order chi connectivity index (χ0) is 26.3. The number of fused-ring (bicyclic) bond motifs is 1. The van der Waals surface area contributed by atoms with Crippen LogP contribution < -0.4 is 5.32 Å². The van der Waals surface area contributed by atoms with Crippen LogP contribution in [0.2, 0.25) is 5.02 Å². The summed E-state index contributed by atoms with van der Waals surface area (Å²) in [7, 11) is 0. The standard InChI is InChI=1S/C22H17ClF6N6O/c23-15-9-12(10-30)1-2-16(15)33-18-14-5-8-35(19(14)32-11-31-18)13-3-6-34(7-4-13)20(36)17(21(24,25)26)22(27,28)29/h1-2,5,8-9,11,13,17H,3-4,6-7H2,(H,31,32,33). The van der Waals surface area contributed by atoms with Crippen LogP contribution in [0.1, 0.15) is 24.4 Å². The summed E-state index contributed by atoms with van der Waals surface area (Å²) in [5.41, 5.74) is 1.37. The van der Waals surface area contributed by atoms with Crippen molar-refractivity contribution < 1.29 is 31.1 Å². The summed E-state index contributed by atoms with van der Waals surface area (Å²) < 4.78 is 79.4. The van der Waals surface area contributed by atoms with E-state index in [1.807, 2.05) is 6.07 Å². The molecule has 0 radical (unpaired) electrons. The van der Waals surface area contributed by atoms with E-state index in [0.29, 0.717) is 38.0 Å². The van der Waals surface area contributed by atoms with Crippen LogP contribution in [0.25, 0.3) is 11.0 Å². The average molecular weight is 531 g/mol. The number of piperidine rings is 1. The topological polar surface area (TPSA) is 86.8 Å². The number of nitriles is 1. The number of aromatic nitrogens is 3. The van der Waals surface area contributed by atoms with Gasteiger partial charge in [-0.15, -0.1) is 0 Å². The van der Waals surface area contributed by atoms with E-state index in [2.05, 4.69) is 15.3 Å². The van der Waals surface area contributed by atoms with Crippen molar-refractivity contribution in [3.05, 3.63) is 47.4 Å². The fourth-order valence-electron chi connectivity index (χ4n) is 4.19. The van der Waals surface area contributed by atoms with Crippen molar-refractivity contribution in [3.63, 3.8) is 0 Å². The van der Waals surface area contributed by atoms with Crippen LogP contribution in [0.5, 0.6) is 0 Å². The van der Waals surface area contributed by atoms with Crippen molar-refractivity contribution in [2.75, 3.05) is 18.4 Å². The van der Waals surface area contributed by atoms with Gasteiger partial charge in [-0.3, -0.25) is 4.79 Å². The summed E-state index contributed by atoms with van der Waals surface area (Å²) in [4.78, 5) is 21.2. The minimum absolute atomic E-state index is 0.145. The normalized spacial score (nSPS) is 15.4. The van der Waals surface area contributed by atoms with E-state index in [-0.39, 0.29) is 32.0 Å². The summed E-state index contributed by atoms with van der Waals surface area (Å²) >= 11 is 6.22. The number of benzene rings is 1. The minimum Gasteiger partial charge on any atom is -0.342 e. The molecule has 1 saturated heterocycles. The Morgan fingerprint density at radius 1 is 1.11 bits per heavy atom. The molecule has 1 aromatic carbocycles. The Kier molecular flexibility index (Phi) is 6.74. The molecule has 2 aromatic heterocycles. The first-order valence-electron chi connectivity index (χ1n) is 10.6. The fraction of sp³-hybridized carbons (Fsp3) is 0.364. The maximum atomic E-state index is 12.9. The number of rotatable bonds is 4. The largest absolute Gasteiger partial charge is 0.409 e. The molecule has 1 amide bonds. The lowest BCUT2D eigenvalue weighted by atomic mass is 10.0. The number of nitrogens with one attached hydrogen (secondary N) is 1. The molecule has 0 unspecified atom stereocenters. The predicted molar refractivity (Wildman–Crippen MR) is 117 cm³/mol. The molecular formula is C22H17ClF6N6O. The van der Waals surface area contributed by atoms with Crippen molar-refractivity contribution in [3.8, 4) is 6.07 Å². The van der Waals surface area contributed by atoms with Crippen LogP contribution >= 0.6 is 11.6 Å². The molecule has 0 spiro atoms. The van der Waals surface area contributed by atoms with Gasteiger partial charge in [0.2, 0.25) is 11.8 Å². The first-order chi connectivity index (χ1) is 16.9. The number of anilines is 2. The van der Waals surface area contributed by atoms with Crippen molar-refractivity contribution in [2.45, 2.75) is 31.2 Å². The highest BCUT2D eigenvalue weighted by atomic mass is 35.5. The highest BCUT2D eigenvalue weighted by molar-refractivity contribution is 6.33. The first-order valence-corrected chi connectivity index (χ1v) is 11.0. The number of alkyl halides is 6. The summed E-state index contributed by atoms with van der Waals surface area (Å²) in [6.07, 6.45) is -8.16. The second-order valence-electron chi connectivity index (χ2n) is 8.19. The Hall–Kier alpha value is -3.53. The Morgan fingerprint density at radius 2 is 1.78 bits per heavy atom. The van der Waals surface area contributed by atoms with Crippen molar-refractivity contribution in [1.82, 2.24) is 19.4 Å². The first kappa shape index (κ1) is 25.6. The zero-order valence-electron chi connectivity index (χ0n) is 18.2. The van der Waals surface area contributed by atoms with Gasteiger partial charge >= 0.3 is 12.4 Å². The van der Waals surface area contributed by atoms with Gasteiger partial charge in [0.1, 0.15) is 17.8 Å². The number of hydrogen-bond donors (Lipinski definition) is 1. The van der Waals surface area contributed by atoms with Gasteiger partial charge in [-0.1, -0.05) is 11.6 Å². The maximum Gasteiger partial charge on any atom is 0.409 e. The summed E-state index contributed by atoms with van der Waals surface area (Å²) in [6, 6.07) is 8.09. The number of carbonyl (C=O) groups excluding carboxylic acids is 1. The summed E-state index contributed by atoms with van der Waals surface area (Å²) in [5.74, 6) is -5.61. The van der Waals surface area contributed by atoms with Gasteiger partial charge in [0, 0.05) is 25.3 Å². The number of amides is 1. The second kappa shape index (κ2) is 9.50. The molecule has 1 fully saturated rings. The van der Waals surface area contributed by atoms with E-state index in [0.717, 1.165) is 0 Å². The molecule has 14 heteroatoms. The molecule has 1 aliphatic heterocycles. The SMILES string of the molecule is N#Cc1ccc(Nc2ncnc3c2ccn3C2CCN(C(=O)C(C(F)(F)F)C(F)(F)F)CC2)c(Cl)c1. The van der Waals surface area contributed by atoms with Crippen LogP contribution in [-0.2, 0) is 4.79 Å². The van der Waals surface area contributed by atoms with Gasteiger partial charge in [-0.05, 0) is 37.1 Å². The third kappa shape index (κ3) is 5.04. The quantitative estimate of drug-likeness (QED) is 0.443. The molecule has 7 nitrogen and oxygen atoms in total. The second-order valence-corrected chi connectivity index (χ2v) is 8.59. The summed E-state index contributed by atoms with van der Waals surface area (Å²) in [5, 5.41) is 13.0. The van der Waals surface area contributed by atoms with E-state index >= 15 is 0 Å². The molecule has 4 rings (SSSR count). The van der Waals surface area contributed by atoms with Crippen LogP contribution in [0.15, 0.2) is 36.8 Å². The van der Waals surface area contributed by atoms with Gasteiger partial charge in [0.25, 0.3) is 0 Å². The zero-order valence-corrected chi connectivity index (χ0v) is 19.0. The third-order valence-corrected chi connectivity index (χ3v) is 6.24. The molecule has 190 valence electrons. The minimum atomic E-state index is -5.72. The highest BCUT2D eigenvalue weighted by Gasteiger charge is 2.62. The highest BCUT2D eigenvalue weighted by Crippen LogP contribution is 2.41. The van der Waals surface area contributed by atoms with E-state index in [4.69, 9.17) is 16.9 Å². The smallest absolute Gasteiger partial charge is 0.342 e. The van der Waals surface area contributed by atoms with E-state index in [1.165, 1.54) is 12.4 Å². The molecule has 0 aliphatic carbocycles. The molecule has 36 heavy (non-hydrogen) atoms. The van der Waals surface area contributed by atoms with E-state index < -0.39 is 24.2 Å². The number of nitrogens with zero attached hydrogens (tertiary/aromatic N) is 5. The maximum absolute atomic E-state index is 12.9. The molecule has 0 atom stereocenters. The monoisotopic (exact) mass is 530 g/mol. The van der Waals surface area contributed by atoms with Crippen molar-refractivity contribution in [2.24, 2.45) is 5.92 Å². The molecule has 1 N–H and O–H groups in total. The van der Waals surface area contributed by atoms with Crippen LogP contribution in [0.4, 0.5) is 37.8 Å². The van der Waals surface area contributed by atoms with Gasteiger partial charge in [-0.2, -0.15) is 31.6 Å². The van der Waals surface area contributed by atoms with Gasteiger partial charge in [-0.25, -0.2) is 9.97 Å². The molecule has 0 bridgehead atoms. The van der Waals surface area contributed by atoms with Crippen LogP contribution in [0, 0.1) is 17.2 Å². The Bertz CT molecular complexity index is 1310. The number of halogens is 7. The van der Waals surface area contributed by atoms with Gasteiger partial charge in [0.05, 0.1) is 27.7 Å². The number of likely N-dealkylation sites (tertiary alicyclic amines) is 1. The molecule has 3 heterocycles. The Balaban J connectivity index is 1.51. The Labute approximate surface area is 205 Å². The fourth-order valence-corrected chi connectivity index (χ4v) is 4.42. The average Bonchev–Trinajstić information content (AvgIpc) is 3.23. The number of hydrogen-bond acceptors (Lipinski definition) is 5. The van der Waals surface area contributed by atoms with E-state index in [9.17, 15) is 31.1 Å². The predicted octanol–water partition coefficient (Wildman–Crippen LogP) is 5.60. The van der Waals surface area contributed by atoms with Gasteiger partial charge < -0.3 is 14.8 Å². The molecular weight excluding hydrogens is 514 g/mol. The molecule has 3 aromatic rings.